The van der Waals surface area contributed by atoms with Crippen molar-refractivity contribution < 1.29 is 9.59 Å². The fraction of sp³-hybridized carbons (Fsp3) is 0.148. The smallest absolute Gasteiger partial charge is 0.254 e. The summed E-state index contributed by atoms with van der Waals surface area (Å²) in [6.45, 7) is 3.77. The third kappa shape index (κ3) is 4.98. The average Bonchev–Trinajstić information content (AvgIpc) is 3.38. The van der Waals surface area contributed by atoms with Crippen LogP contribution in [0.4, 0.5) is 5.69 Å². The Morgan fingerprint density at radius 2 is 1.79 bits per heavy atom. The molecule has 1 aliphatic heterocycles. The summed E-state index contributed by atoms with van der Waals surface area (Å²) in [5.41, 5.74) is 3.92. The van der Waals surface area contributed by atoms with E-state index in [-0.39, 0.29) is 17.4 Å². The van der Waals surface area contributed by atoms with Gasteiger partial charge in [0.25, 0.3) is 5.91 Å². The van der Waals surface area contributed by atoms with E-state index in [1.807, 2.05) is 73.8 Å². The van der Waals surface area contributed by atoms with E-state index in [4.69, 9.17) is 0 Å². The Balaban J connectivity index is 1.65. The molecule has 34 heavy (non-hydrogen) atoms. The summed E-state index contributed by atoms with van der Waals surface area (Å²) in [7, 11) is 0. The van der Waals surface area contributed by atoms with Crippen LogP contribution in [-0.4, -0.2) is 17.4 Å². The first kappa shape index (κ1) is 23.6. The van der Waals surface area contributed by atoms with Crippen LogP contribution in [0.1, 0.15) is 33.6 Å². The highest BCUT2D eigenvalue weighted by atomic mass is 32.2. The number of nitriles is 1. The number of nitrogens with one attached hydrogen (secondary N) is 2. The van der Waals surface area contributed by atoms with Crippen LogP contribution in [-0.2, 0) is 4.79 Å². The number of carbonyl (C=O) groups excluding carboxylic acids is 2. The number of carbonyl (C=O) groups is 2. The van der Waals surface area contributed by atoms with Crippen molar-refractivity contribution >= 4 is 40.5 Å². The zero-order valence-corrected chi connectivity index (χ0v) is 20.4. The number of ketones is 1. The quantitative estimate of drug-likeness (QED) is 0.401. The molecule has 0 saturated carbocycles. The Kier molecular flexibility index (Phi) is 7.31. The van der Waals surface area contributed by atoms with Crippen molar-refractivity contribution in [3.63, 3.8) is 0 Å². The molecular weight excluding hydrogens is 462 g/mol. The molecule has 1 aliphatic rings. The van der Waals surface area contributed by atoms with Crippen LogP contribution in [0.2, 0.25) is 0 Å². The van der Waals surface area contributed by atoms with E-state index in [1.165, 1.54) is 23.1 Å². The summed E-state index contributed by atoms with van der Waals surface area (Å²) in [6, 6.07) is 22.8. The number of dihydropyridines is 1. The summed E-state index contributed by atoms with van der Waals surface area (Å²) in [5.74, 6) is -0.596. The lowest BCUT2D eigenvalue weighted by molar-refractivity contribution is -0.113. The number of aryl methyl sites for hydroxylation is 1. The Hall–Kier alpha value is -3.60. The third-order valence-corrected chi connectivity index (χ3v) is 7.51. The molecule has 5 nitrogen and oxygen atoms in total. The molecule has 7 heteroatoms. The van der Waals surface area contributed by atoms with Gasteiger partial charge < -0.3 is 10.6 Å². The molecule has 2 aromatic carbocycles. The Labute approximate surface area is 207 Å². The number of hydrogen-bond acceptors (Lipinski definition) is 6. The van der Waals surface area contributed by atoms with Crippen molar-refractivity contribution in [3.05, 3.63) is 110 Å². The Bertz CT molecular complexity index is 1320. The van der Waals surface area contributed by atoms with Gasteiger partial charge in [0.2, 0.25) is 0 Å². The zero-order valence-electron chi connectivity index (χ0n) is 18.8. The SMILES string of the molecule is CC1=C(C(=O)Nc2ccccc2C)C(c2cccs2)C(C#N)=C(SCC(=O)c2ccccc2)N1. The van der Waals surface area contributed by atoms with E-state index in [0.717, 1.165) is 16.1 Å². The highest BCUT2D eigenvalue weighted by Crippen LogP contribution is 2.42. The summed E-state index contributed by atoms with van der Waals surface area (Å²) >= 11 is 2.79. The second kappa shape index (κ2) is 10.6. The number of benzene rings is 2. The van der Waals surface area contributed by atoms with E-state index in [9.17, 15) is 14.9 Å². The number of nitrogens with zero attached hydrogens (tertiary/aromatic N) is 1. The van der Waals surface area contributed by atoms with Crippen molar-refractivity contribution in [2.45, 2.75) is 19.8 Å². The summed E-state index contributed by atoms with van der Waals surface area (Å²) in [6.07, 6.45) is 0. The molecule has 2 heterocycles. The van der Waals surface area contributed by atoms with Crippen molar-refractivity contribution in [3.8, 4) is 6.07 Å². The molecule has 0 spiro atoms. The van der Waals surface area contributed by atoms with Crippen LogP contribution in [0.3, 0.4) is 0 Å². The minimum Gasteiger partial charge on any atom is -0.353 e. The largest absolute Gasteiger partial charge is 0.353 e. The molecule has 0 saturated heterocycles. The van der Waals surface area contributed by atoms with Gasteiger partial charge in [-0.3, -0.25) is 9.59 Å². The van der Waals surface area contributed by atoms with Gasteiger partial charge in [-0.15, -0.1) is 11.3 Å². The minimum atomic E-state index is -0.510. The molecule has 1 amide bonds. The lowest BCUT2D eigenvalue weighted by Crippen LogP contribution is -2.30. The molecule has 2 N–H and O–H groups in total. The predicted molar refractivity (Wildman–Crippen MR) is 139 cm³/mol. The van der Waals surface area contributed by atoms with E-state index in [0.29, 0.717) is 27.4 Å². The molecule has 4 rings (SSSR count). The van der Waals surface area contributed by atoms with Gasteiger partial charge in [0.1, 0.15) is 0 Å². The minimum absolute atomic E-state index is 0.0189. The summed E-state index contributed by atoms with van der Waals surface area (Å²) < 4.78 is 0. The van der Waals surface area contributed by atoms with Crippen molar-refractivity contribution in [1.29, 1.82) is 5.26 Å². The molecule has 3 aromatic rings. The van der Waals surface area contributed by atoms with E-state index in [2.05, 4.69) is 16.7 Å². The first-order valence-electron chi connectivity index (χ1n) is 10.7. The highest BCUT2D eigenvalue weighted by Gasteiger charge is 2.35. The van der Waals surface area contributed by atoms with E-state index < -0.39 is 5.92 Å². The lowest BCUT2D eigenvalue weighted by atomic mass is 9.86. The second-order valence-corrected chi connectivity index (χ2v) is 9.78. The van der Waals surface area contributed by atoms with Gasteiger partial charge in [-0.05, 0) is 36.9 Å². The first-order chi connectivity index (χ1) is 16.5. The van der Waals surface area contributed by atoms with Crippen molar-refractivity contribution in [1.82, 2.24) is 5.32 Å². The molecule has 0 fully saturated rings. The van der Waals surface area contributed by atoms with Gasteiger partial charge in [-0.2, -0.15) is 5.26 Å². The summed E-state index contributed by atoms with van der Waals surface area (Å²) in [5, 5.41) is 18.9. The van der Waals surface area contributed by atoms with Crippen LogP contribution < -0.4 is 10.6 Å². The fourth-order valence-corrected chi connectivity index (χ4v) is 5.64. The first-order valence-corrected chi connectivity index (χ1v) is 12.6. The average molecular weight is 486 g/mol. The lowest BCUT2D eigenvalue weighted by Gasteiger charge is -2.29. The number of anilines is 1. The maximum absolute atomic E-state index is 13.5. The van der Waals surface area contributed by atoms with Crippen molar-refractivity contribution in [2.24, 2.45) is 0 Å². The maximum atomic E-state index is 13.5. The third-order valence-electron chi connectivity index (χ3n) is 5.56. The molecule has 1 unspecified atom stereocenters. The molecule has 0 bridgehead atoms. The maximum Gasteiger partial charge on any atom is 0.254 e. The molecule has 1 atom stereocenters. The van der Waals surface area contributed by atoms with E-state index in [1.54, 1.807) is 12.1 Å². The summed E-state index contributed by atoms with van der Waals surface area (Å²) in [4.78, 5) is 27.0. The number of rotatable bonds is 7. The molecule has 1 aromatic heterocycles. The van der Waals surface area contributed by atoms with Crippen LogP contribution in [0.15, 0.2) is 94.0 Å². The van der Waals surface area contributed by atoms with Gasteiger partial charge in [-0.25, -0.2) is 0 Å². The van der Waals surface area contributed by atoms with Crippen LogP contribution in [0.25, 0.3) is 0 Å². The van der Waals surface area contributed by atoms with Crippen LogP contribution >= 0.6 is 23.1 Å². The number of para-hydroxylation sites is 1. The normalized spacial score (nSPS) is 15.5. The van der Waals surface area contributed by atoms with Crippen molar-refractivity contribution in [2.75, 3.05) is 11.1 Å². The Morgan fingerprint density at radius 1 is 1.06 bits per heavy atom. The molecule has 0 aliphatic carbocycles. The highest BCUT2D eigenvalue weighted by molar-refractivity contribution is 8.03. The second-order valence-electron chi connectivity index (χ2n) is 7.81. The van der Waals surface area contributed by atoms with Gasteiger partial charge in [0, 0.05) is 27.4 Å². The van der Waals surface area contributed by atoms with Gasteiger partial charge >= 0.3 is 0 Å². The zero-order chi connectivity index (χ0) is 24.1. The number of amides is 1. The number of thioether (sulfide) groups is 1. The topological polar surface area (TPSA) is 82.0 Å². The molecule has 170 valence electrons. The van der Waals surface area contributed by atoms with Crippen LogP contribution in [0, 0.1) is 18.3 Å². The Morgan fingerprint density at radius 3 is 2.47 bits per heavy atom. The van der Waals surface area contributed by atoms with Crippen LogP contribution in [0.5, 0.6) is 0 Å². The molecule has 0 radical (unpaired) electrons. The number of thiophene rings is 1. The number of Topliss-reactive ketones (excluding diaryl/α,β-unsaturated/α-hetero) is 1. The predicted octanol–water partition coefficient (Wildman–Crippen LogP) is 6.01. The van der Waals surface area contributed by atoms with E-state index >= 15 is 0 Å². The monoisotopic (exact) mass is 485 g/mol. The number of allylic oxidation sites excluding steroid dienone is 2. The van der Waals surface area contributed by atoms with Gasteiger partial charge in [0.15, 0.2) is 5.78 Å². The van der Waals surface area contributed by atoms with Gasteiger partial charge in [0.05, 0.1) is 28.3 Å². The molecular formula is C27H23N3O2S2. The number of hydrogen-bond donors (Lipinski definition) is 2. The fourth-order valence-electron chi connectivity index (χ4n) is 3.82. The van der Waals surface area contributed by atoms with Gasteiger partial charge in [-0.1, -0.05) is 66.4 Å². The standard InChI is InChI=1S/C27H23N3O2S2/c1-17-9-6-7-12-21(17)30-26(32)24-18(2)29-27(20(15-28)25(24)23-13-8-14-33-23)34-16-22(31)19-10-4-3-5-11-19/h3-14,25,29H,16H2,1-2H3,(H,30,32).